The monoisotopic (exact) mass is 354 g/mol. The molecule has 1 aliphatic rings. The zero-order chi connectivity index (χ0) is 15.2. The van der Waals surface area contributed by atoms with Gasteiger partial charge in [-0.2, -0.15) is 0 Å². The van der Waals surface area contributed by atoms with Crippen LogP contribution in [0.25, 0.3) is 0 Å². The van der Waals surface area contributed by atoms with Crippen molar-refractivity contribution in [2.45, 2.75) is 6.92 Å². The van der Waals surface area contributed by atoms with Gasteiger partial charge in [0, 0.05) is 38.9 Å². The van der Waals surface area contributed by atoms with E-state index in [1.807, 2.05) is 6.92 Å². The van der Waals surface area contributed by atoms with Gasteiger partial charge in [-0.25, -0.2) is 4.98 Å². The lowest BCUT2D eigenvalue weighted by Gasteiger charge is -2.34. The topological polar surface area (TPSA) is 65.5 Å². The molecule has 1 aromatic heterocycles. The van der Waals surface area contributed by atoms with Gasteiger partial charge in [-0.15, -0.1) is 0 Å². The number of hydrogen-bond acceptors (Lipinski definition) is 4. The summed E-state index contributed by atoms with van der Waals surface area (Å²) in [6.07, 6.45) is 1.64. The Morgan fingerprint density at radius 3 is 2.67 bits per heavy atom. The van der Waals surface area contributed by atoms with Crippen molar-refractivity contribution in [2.75, 3.05) is 39.3 Å². The average Bonchev–Trinajstić information content (AvgIpc) is 2.48. The summed E-state index contributed by atoms with van der Waals surface area (Å²) in [6.45, 7) is 5.61. The minimum Gasteiger partial charge on any atom is -0.355 e. The number of carbonyl (C=O) groups excluding carboxylic acids is 2. The maximum Gasteiger partial charge on any atom is 0.256 e. The average molecular weight is 355 g/mol. The molecule has 0 aliphatic carbocycles. The van der Waals surface area contributed by atoms with E-state index in [0.29, 0.717) is 49.4 Å². The number of nitrogens with zero attached hydrogens (tertiary/aromatic N) is 3. The van der Waals surface area contributed by atoms with Crippen molar-refractivity contribution in [1.82, 2.24) is 20.1 Å². The van der Waals surface area contributed by atoms with E-state index in [2.05, 4.69) is 31.1 Å². The molecule has 0 spiro atoms. The number of piperazine rings is 1. The molecular weight excluding hydrogens is 336 g/mol. The van der Waals surface area contributed by atoms with Gasteiger partial charge >= 0.3 is 0 Å². The van der Waals surface area contributed by atoms with Crippen LogP contribution < -0.4 is 5.32 Å². The molecule has 1 N–H and O–H groups in total. The number of rotatable bonds is 4. The fraction of sp³-hybridized carbons (Fsp3) is 0.500. The van der Waals surface area contributed by atoms with Crippen LogP contribution in [0.3, 0.4) is 0 Å². The van der Waals surface area contributed by atoms with Crippen molar-refractivity contribution in [1.29, 1.82) is 0 Å². The molecule has 6 nitrogen and oxygen atoms in total. The molecule has 1 aliphatic heterocycles. The summed E-state index contributed by atoms with van der Waals surface area (Å²) in [6, 6.07) is 3.52. The minimum absolute atomic E-state index is 0.0207. The Hall–Kier alpha value is -1.47. The summed E-state index contributed by atoms with van der Waals surface area (Å²) in [7, 11) is 0. The molecule has 1 fully saturated rings. The third-order valence-corrected chi connectivity index (χ3v) is 4.02. The van der Waals surface area contributed by atoms with E-state index in [9.17, 15) is 9.59 Å². The van der Waals surface area contributed by atoms with Crippen molar-refractivity contribution in [3.8, 4) is 0 Å². The van der Waals surface area contributed by atoms with Crippen LogP contribution in [0, 0.1) is 0 Å². The summed E-state index contributed by atoms with van der Waals surface area (Å²) >= 11 is 3.30. The number of likely N-dealkylation sites (N-methyl/N-ethyl adjacent to an activating group) is 1. The lowest BCUT2D eigenvalue weighted by atomic mass is 10.2. The molecular formula is C14H19BrN4O2. The Labute approximate surface area is 132 Å². The second-order valence-electron chi connectivity index (χ2n) is 4.86. The number of carbonyl (C=O) groups is 2. The molecule has 0 unspecified atom stereocenters. The van der Waals surface area contributed by atoms with Gasteiger partial charge in [-0.3, -0.25) is 14.5 Å². The van der Waals surface area contributed by atoms with E-state index < -0.39 is 0 Å². The molecule has 114 valence electrons. The van der Waals surface area contributed by atoms with Gasteiger partial charge in [-0.05, 0) is 35.0 Å². The number of amides is 2. The van der Waals surface area contributed by atoms with E-state index in [4.69, 9.17) is 0 Å². The summed E-state index contributed by atoms with van der Waals surface area (Å²) in [5.74, 6) is 0.0138. The van der Waals surface area contributed by atoms with Gasteiger partial charge in [0.1, 0.15) is 4.60 Å². The molecule has 0 saturated carbocycles. The Morgan fingerprint density at radius 1 is 1.33 bits per heavy atom. The van der Waals surface area contributed by atoms with Crippen LogP contribution in [0.1, 0.15) is 17.3 Å². The molecule has 0 bridgehead atoms. The van der Waals surface area contributed by atoms with E-state index in [0.717, 1.165) is 0 Å². The maximum absolute atomic E-state index is 12.4. The lowest BCUT2D eigenvalue weighted by molar-refractivity contribution is -0.122. The minimum atomic E-state index is -0.0207. The van der Waals surface area contributed by atoms with Crippen molar-refractivity contribution >= 4 is 27.7 Å². The van der Waals surface area contributed by atoms with Crippen LogP contribution in [0.4, 0.5) is 0 Å². The van der Waals surface area contributed by atoms with Gasteiger partial charge in [-0.1, -0.05) is 0 Å². The van der Waals surface area contributed by atoms with E-state index in [1.165, 1.54) is 0 Å². The van der Waals surface area contributed by atoms with Crippen LogP contribution in [-0.2, 0) is 4.79 Å². The first-order valence-corrected chi connectivity index (χ1v) is 7.80. The largest absolute Gasteiger partial charge is 0.355 e. The highest BCUT2D eigenvalue weighted by Gasteiger charge is 2.24. The van der Waals surface area contributed by atoms with Gasteiger partial charge in [0.05, 0.1) is 12.1 Å². The Kier molecular flexibility index (Phi) is 5.69. The Bertz CT molecular complexity index is 515. The standard InChI is InChI=1S/C14H19BrN4O2/c1-2-16-12(20)10-18-6-8-19(9-7-18)14(21)11-4-3-5-17-13(11)15/h3-5H,2,6-10H2,1H3,(H,16,20). The zero-order valence-electron chi connectivity index (χ0n) is 12.0. The fourth-order valence-corrected chi connectivity index (χ4v) is 2.70. The molecule has 0 radical (unpaired) electrons. The maximum atomic E-state index is 12.4. The molecule has 2 rings (SSSR count). The highest BCUT2D eigenvalue weighted by Crippen LogP contribution is 2.16. The Balaban J connectivity index is 1.88. The summed E-state index contributed by atoms with van der Waals surface area (Å²) in [5.41, 5.74) is 0.578. The quantitative estimate of drug-likeness (QED) is 0.810. The van der Waals surface area contributed by atoms with Crippen LogP contribution in [0.15, 0.2) is 22.9 Å². The highest BCUT2D eigenvalue weighted by molar-refractivity contribution is 9.10. The smallest absolute Gasteiger partial charge is 0.256 e. The van der Waals surface area contributed by atoms with Gasteiger partial charge in [0.2, 0.25) is 5.91 Å². The van der Waals surface area contributed by atoms with Gasteiger partial charge in [0.15, 0.2) is 0 Å². The molecule has 7 heteroatoms. The number of aromatic nitrogens is 1. The molecule has 0 aromatic carbocycles. The predicted octanol–water partition coefficient (Wildman–Crippen LogP) is 0.738. The molecule has 0 atom stereocenters. The predicted molar refractivity (Wildman–Crippen MR) is 83.0 cm³/mol. The summed E-state index contributed by atoms with van der Waals surface area (Å²) in [4.78, 5) is 31.9. The van der Waals surface area contributed by atoms with Crippen LogP contribution in [0.5, 0.6) is 0 Å². The third-order valence-electron chi connectivity index (χ3n) is 3.39. The second-order valence-corrected chi connectivity index (χ2v) is 5.61. The zero-order valence-corrected chi connectivity index (χ0v) is 13.6. The summed E-state index contributed by atoms with van der Waals surface area (Å²) < 4.78 is 0.569. The second kappa shape index (κ2) is 7.51. The first kappa shape index (κ1) is 15.9. The van der Waals surface area contributed by atoms with Crippen molar-refractivity contribution < 1.29 is 9.59 Å². The molecule has 21 heavy (non-hydrogen) atoms. The molecule has 1 aromatic rings. The van der Waals surface area contributed by atoms with Gasteiger partial charge < -0.3 is 10.2 Å². The summed E-state index contributed by atoms with van der Waals surface area (Å²) in [5, 5.41) is 2.78. The molecule has 2 amide bonds. The van der Waals surface area contributed by atoms with E-state index in [-0.39, 0.29) is 11.8 Å². The van der Waals surface area contributed by atoms with Crippen LogP contribution in [0.2, 0.25) is 0 Å². The van der Waals surface area contributed by atoms with E-state index in [1.54, 1.807) is 23.2 Å². The Morgan fingerprint density at radius 2 is 2.05 bits per heavy atom. The number of halogens is 1. The first-order chi connectivity index (χ1) is 10.1. The lowest BCUT2D eigenvalue weighted by Crippen LogP contribution is -2.51. The van der Waals surface area contributed by atoms with E-state index >= 15 is 0 Å². The van der Waals surface area contributed by atoms with Crippen LogP contribution in [-0.4, -0.2) is 65.9 Å². The van der Waals surface area contributed by atoms with Gasteiger partial charge in [0.25, 0.3) is 5.91 Å². The molecule has 2 heterocycles. The van der Waals surface area contributed by atoms with Crippen molar-refractivity contribution in [3.63, 3.8) is 0 Å². The SMILES string of the molecule is CCNC(=O)CN1CCN(C(=O)c2cccnc2Br)CC1. The number of pyridine rings is 1. The normalized spacial score (nSPS) is 15.8. The third kappa shape index (κ3) is 4.25. The fourth-order valence-electron chi connectivity index (χ4n) is 2.28. The van der Waals surface area contributed by atoms with Crippen LogP contribution >= 0.6 is 15.9 Å². The first-order valence-electron chi connectivity index (χ1n) is 7.00. The van der Waals surface area contributed by atoms with Crippen molar-refractivity contribution in [2.24, 2.45) is 0 Å². The van der Waals surface area contributed by atoms with Crippen molar-refractivity contribution in [3.05, 3.63) is 28.5 Å². The number of nitrogens with one attached hydrogen (secondary N) is 1. The molecule has 1 saturated heterocycles. The number of hydrogen-bond donors (Lipinski definition) is 1. The highest BCUT2D eigenvalue weighted by atomic mass is 79.9.